The van der Waals surface area contributed by atoms with Crippen molar-refractivity contribution in [3.8, 4) is 0 Å². The van der Waals surface area contributed by atoms with Crippen molar-refractivity contribution in [3.05, 3.63) is 65.7 Å². The molecule has 5 nitrogen and oxygen atoms in total. The third-order valence-corrected chi connectivity index (χ3v) is 4.88. The lowest BCUT2D eigenvalue weighted by Gasteiger charge is -2.14. The van der Waals surface area contributed by atoms with Crippen LogP contribution in [0, 0.1) is 17.6 Å². The fourth-order valence-electron chi connectivity index (χ4n) is 2.14. The molecule has 0 aromatic heterocycles. The van der Waals surface area contributed by atoms with Gasteiger partial charge < -0.3 is 5.32 Å². The zero-order chi connectivity index (χ0) is 18.4. The first-order valence-corrected chi connectivity index (χ1v) is 9.18. The van der Waals surface area contributed by atoms with E-state index in [1.54, 1.807) is 0 Å². The van der Waals surface area contributed by atoms with E-state index in [1.807, 2.05) is 0 Å². The van der Waals surface area contributed by atoms with E-state index in [0.717, 1.165) is 6.07 Å². The van der Waals surface area contributed by atoms with Crippen molar-refractivity contribution in [2.45, 2.75) is 13.5 Å². The van der Waals surface area contributed by atoms with Crippen molar-refractivity contribution >= 4 is 21.6 Å². The highest BCUT2D eigenvalue weighted by atomic mass is 32.2. The first-order chi connectivity index (χ1) is 11.7. The Morgan fingerprint density at radius 2 is 1.76 bits per heavy atom. The molecule has 0 saturated carbocycles. The van der Waals surface area contributed by atoms with Crippen LogP contribution in [0.3, 0.4) is 0 Å². The molecule has 1 unspecified atom stereocenters. The van der Waals surface area contributed by atoms with Crippen LogP contribution in [0.15, 0.2) is 48.5 Å². The van der Waals surface area contributed by atoms with Crippen LogP contribution in [0.2, 0.25) is 0 Å². The Morgan fingerprint density at radius 1 is 1.08 bits per heavy atom. The Bertz CT molecular complexity index is 839. The predicted octanol–water partition coefficient (Wildman–Crippen LogP) is 2.66. The molecule has 0 aliphatic rings. The molecule has 0 aliphatic carbocycles. The van der Waals surface area contributed by atoms with Gasteiger partial charge in [0.1, 0.15) is 11.6 Å². The van der Waals surface area contributed by atoms with Gasteiger partial charge in [-0.2, -0.15) is 0 Å². The van der Waals surface area contributed by atoms with Gasteiger partial charge in [-0.3, -0.25) is 9.52 Å². The van der Waals surface area contributed by atoms with Gasteiger partial charge in [-0.25, -0.2) is 17.2 Å². The Morgan fingerprint density at radius 3 is 2.40 bits per heavy atom. The number of rotatable bonds is 7. The van der Waals surface area contributed by atoms with Gasteiger partial charge in [0.05, 0.1) is 17.4 Å². The third-order valence-electron chi connectivity index (χ3n) is 3.39. The minimum atomic E-state index is -3.81. The number of benzene rings is 2. The monoisotopic (exact) mass is 368 g/mol. The fraction of sp³-hybridized carbons (Fsp3) is 0.235. The van der Waals surface area contributed by atoms with Gasteiger partial charge in [-0.05, 0) is 35.9 Å². The molecular weight excluding hydrogens is 350 g/mol. The zero-order valence-corrected chi connectivity index (χ0v) is 14.3. The summed E-state index contributed by atoms with van der Waals surface area (Å²) < 4.78 is 52.3. The molecule has 2 rings (SSSR count). The second kappa shape index (κ2) is 8.06. The second-order valence-electron chi connectivity index (χ2n) is 5.64. The summed E-state index contributed by atoms with van der Waals surface area (Å²) in [5, 5.41) is 2.60. The van der Waals surface area contributed by atoms with E-state index in [1.165, 1.54) is 49.4 Å². The molecule has 1 atom stereocenters. The number of carbonyl (C=O) groups excluding carboxylic acids is 1. The first kappa shape index (κ1) is 18.9. The average molecular weight is 368 g/mol. The maximum Gasteiger partial charge on any atom is 0.233 e. The lowest BCUT2D eigenvalue weighted by Crippen LogP contribution is -2.34. The molecule has 0 bridgehead atoms. The Kier molecular flexibility index (Phi) is 6.08. The number of carbonyl (C=O) groups is 1. The normalized spacial score (nSPS) is 12.4. The van der Waals surface area contributed by atoms with Crippen LogP contribution in [-0.4, -0.2) is 20.1 Å². The van der Waals surface area contributed by atoms with Gasteiger partial charge in [-0.15, -0.1) is 0 Å². The number of nitrogens with one attached hydrogen (secondary N) is 2. The van der Waals surface area contributed by atoms with Crippen LogP contribution < -0.4 is 10.0 Å². The fourth-order valence-corrected chi connectivity index (χ4v) is 3.52. The van der Waals surface area contributed by atoms with Crippen LogP contribution in [0.4, 0.5) is 14.5 Å². The molecule has 25 heavy (non-hydrogen) atoms. The maximum atomic E-state index is 13.1. The van der Waals surface area contributed by atoms with Crippen LogP contribution in [-0.2, 0) is 21.4 Å². The molecule has 2 aromatic rings. The van der Waals surface area contributed by atoms with Crippen LogP contribution in [0.1, 0.15) is 12.5 Å². The highest BCUT2D eigenvalue weighted by Crippen LogP contribution is 2.13. The number of sulfonamides is 1. The van der Waals surface area contributed by atoms with Gasteiger partial charge in [0, 0.05) is 6.54 Å². The molecule has 2 aromatic carbocycles. The van der Waals surface area contributed by atoms with Crippen molar-refractivity contribution < 1.29 is 22.0 Å². The number of hydrogen-bond acceptors (Lipinski definition) is 3. The lowest BCUT2D eigenvalue weighted by molar-refractivity contribution is -0.124. The molecule has 0 aliphatic heterocycles. The topological polar surface area (TPSA) is 75.3 Å². The van der Waals surface area contributed by atoms with Gasteiger partial charge >= 0.3 is 0 Å². The molecule has 0 radical (unpaired) electrons. The molecule has 0 spiro atoms. The number of halogens is 2. The highest BCUT2D eigenvalue weighted by molar-refractivity contribution is 7.92. The van der Waals surface area contributed by atoms with Crippen LogP contribution in [0.25, 0.3) is 0 Å². The second-order valence-corrected chi connectivity index (χ2v) is 7.41. The SMILES string of the molecule is CC(CS(=O)(=O)Nc1cccc(F)c1)C(=O)NCc1ccc(F)cc1. The molecule has 0 heterocycles. The molecule has 8 heteroatoms. The molecule has 134 valence electrons. The molecule has 0 fully saturated rings. The minimum Gasteiger partial charge on any atom is -0.352 e. The standard InChI is InChI=1S/C17H18F2N2O3S/c1-12(17(22)20-10-13-5-7-14(18)8-6-13)11-25(23,24)21-16-4-2-3-15(19)9-16/h2-9,12,21H,10-11H2,1H3,(H,20,22). The summed E-state index contributed by atoms with van der Waals surface area (Å²) in [6, 6.07) is 10.7. The summed E-state index contributed by atoms with van der Waals surface area (Å²) in [4.78, 5) is 12.0. The van der Waals surface area contributed by atoms with E-state index in [9.17, 15) is 22.0 Å². The summed E-state index contributed by atoms with van der Waals surface area (Å²) >= 11 is 0. The lowest BCUT2D eigenvalue weighted by atomic mass is 10.2. The van der Waals surface area contributed by atoms with Crippen molar-refractivity contribution in [3.63, 3.8) is 0 Å². The van der Waals surface area contributed by atoms with E-state index in [0.29, 0.717) is 5.56 Å². The minimum absolute atomic E-state index is 0.0962. The maximum absolute atomic E-state index is 13.1. The van der Waals surface area contributed by atoms with Crippen LogP contribution >= 0.6 is 0 Å². The van der Waals surface area contributed by atoms with Crippen LogP contribution in [0.5, 0.6) is 0 Å². The largest absolute Gasteiger partial charge is 0.352 e. The summed E-state index contributed by atoms with van der Waals surface area (Å²) in [6.45, 7) is 1.64. The average Bonchev–Trinajstić information content (AvgIpc) is 2.53. The van der Waals surface area contributed by atoms with E-state index < -0.39 is 33.4 Å². The third kappa shape index (κ3) is 6.15. The number of hydrogen-bond donors (Lipinski definition) is 2. The van der Waals surface area contributed by atoms with Crippen molar-refractivity contribution in [2.75, 3.05) is 10.5 Å². The highest BCUT2D eigenvalue weighted by Gasteiger charge is 2.21. The quantitative estimate of drug-likeness (QED) is 0.789. The van der Waals surface area contributed by atoms with E-state index >= 15 is 0 Å². The first-order valence-electron chi connectivity index (χ1n) is 7.53. The van der Waals surface area contributed by atoms with E-state index in [4.69, 9.17) is 0 Å². The summed E-state index contributed by atoms with van der Waals surface area (Å²) in [5.74, 6) is -2.65. The van der Waals surface area contributed by atoms with Crippen molar-refractivity contribution in [1.82, 2.24) is 5.32 Å². The van der Waals surface area contributed by atoms with Gasteiger partial charge in [0.25, 0.3) is 0 Å². The number of amides is 1. The molecular formula is C17H18F2N2O3S. The summed E-state index contributed by atoms with van der Waals surface area (Å²) in [5.41, 5.74) is 0.793. The molecule has 1 amide bonds. The van der Waals surface area contributed by atoms with E-state index in [2.05, 4.69) is 10.0 Å². The summed E-state index contributed by atoms with van der Waals surface area (Å²) in [7, 11) is -3.81. The molecule has 0 saturated heterocycles. The zero-order valence-electron chi connectivity index (χ0n) is 13.5. The van der Waals surface area contributed by atoms with Gasteiger partial charge in [0.15, 0.2) is 0 Å². The predicted molar refractivity (Wildman–Crippen MR) is 91.2 cm³/mol. The Hall–Kier alpha value is -2.48. The van der Waals surface area contributed by atoms with Gasteiger partial charge in [0.2, 0.25) is 15.9 Å². The van der Waals surface area contributed by atoms with Crippen molar-refractivity contribution in [2.24, 2.45) is 5.92 Å². The summed E-state index contributed by atoms with van der Waals surface area (Å²) in [6.07, 6.45) is 0. The number of anilines is 1. The van der Waals surface area contributed by atoms with Crippen molar-refractivity contribution in [1.29, 1.82) is 0 Å². The smallest absolute Gasteiger partial charge is 0.233 e. The van der Waals surface area contributed by atoms with Gasteiger partial charge in [-0.1, -0.05) is 25.1 Å². The molecule has 2 N–H and O–H groups in total. The Balaban J connectivity index is 1.89. The van der Waals surface area contributed by atoms with E-state index in [-0.39, 0.29) is 18.0 Å². The Labute approximate surface area is 145 Å².